The van der Waals surface area contributed by atoms with Crippen LogP contribution in [0.3, 0.4) is 0 Å². The third-order valence-electron chi connectivity index (χ3n) is 5.08. The summed E-state index contributed by atoms with van der Waals surface area (Å²) >= 11 is 0. The van der Waals surface area contributed by atoms with Crippen LogP contribution < -0.4 is 10.6 Å². The number of fused-ring (bicyclic) bond motifs is 1. The maximum atomic E-state index is 12.8. The largest absolute Gasteiger partial charge is 0.444 e. The van der Waals surface area contributed by atoms with E-state index in [0.29, 0.717) is 30.8 Å². The summed E-state index contributed by atoms with van der Waals surface area (Å²) in [6, 6.07) is 14.3. The van der Waals surface area contributed by atoms with Gasteiger partial charge in [-0.25, -0.2) is 4.79 Å². The smallest absolute Gasteiger partial charge is 0.410 e. The molecule has 0 saturated carbocycles. The molecule has 1 unspecified atom stereocenters. The van der Waals surface area contributed by atoms with E-state index in [1.54, 1.807) is 29.2 Å². The summed E-state index contributed by atoms with van der Waals surface area (Å²) in [5, 5.41) is 5.57. The highest BCUT2D eigenvalue weighted by Crippen LogP contribution is 2.25. The Hall–Kier alpha value is -3.61. The lowest BCUT2D eigenvalue weighted by Crippen LogP contribution is -2.51. The van der Waals surface area contributed by atoms with Gasteiger partial charge in [-0.3, -0.25) is 14.5 Å². The van der Waals surface area contributed by atoms with E-state index in [4.69, 9.17) is 4.74 Å². The van der Waals surface area contributed by atoms with Crippen molar-refractivity contribution in [1.82, 2.24) is 10.2 Å². The Morgan fingerprint density at radius 1 is 1.09 bits per heavy atom. The SMILES string of the molecule is C=CC(=O)Nc1ccc(C(=O)NCC2Cc3ccccc3CN2C(=O)OC(C)(C)C)cc1. The maximum absolute atomic E-state index is 12.8. The van der Waals surface area contributed by atoms with Gasteiger partial charge in [0.2, 0.25) is 5.91 Å². The first-order valence-electron chi connectivity index (χ1n) is 10.5. The van der Waals surface area contributed by atoms with E-state index in [1.165, 1.54) is 6.08 Å². The average molecular weight is 436 g/mol. The Bertz CT molecular complexity index is 1010. The molecule has 0 saturated heterocycles. The number of nitrogens with zero attached hydrogens (tertiary/aromatic N) is 1. The van der Waals surface area contributed by atoms with Crippen molar-refractivity contribution in [3.63, 3.8) is 0 Å². The highest BCUT2D eigenvalue weighted by molar-refractivity contribution is 5.99. The summed E-state index contributed by atoms with van der Waals surface area (Å²) < 4.78 is 5.60. The van der Waals surface area contributed by atoms with Gasteiger partial charge < -0.3 is 15.4 Å². The van der Waals surface area contributed by atoms with Crippen LogP contribution in [-0.2, 0) is 22.5 Å². The zero-order valence-corrected chi connectivity index (χ0v) is 18.7. The van der Waals surface area contributed by atoms with Gasteiger partial charge >= 0.3 is 6.09 Å². The van der Waals surface area contributed by atoms with Crippen LogP contribution in [0.4, 0.5) is 10.5 Å². The van der Waals surface area contributed by atoms with Crippen LogP contribution in [0.1, 0.15) is 42.3 Å². The second-order valence-corrected chi connectivity index (χ2v) is 8.72. The van der Waals surface area contributed by atoms with Crippen LogP contribution in [0, 0.1) is 0 Å². The monoisotopic (exact) mass is 435 g/mol. The van der Waals surface area contributed by atoms with E-state index in [9.17, 15) is 14.4 Å². The molecule has 3 amide bonds. The molecule has 0 radical (unpaired) electrons. The molecule has 2 aromatic carbocycles. The predicted octanol–water partition coefficient (Wildman–Crippen LogP) is 3.90. The number of ether oxygens (including phenoxy) is 1. The fourth-order valence-corrected chi connectivity index (χ4v) is 3.51. The van der Waals surface area contributed by atoms with Crippen LogP contribution in [0.5, 0.6) is 0 Å². The molecule has 1 aliphatic heterocycles. The number of carbonyl (C=O) groups is 3. The lowest BCUT2D eigenvalue weighted by atomic mass is 9.94. The summed E-state index contributed by atoms with van der Waals surface area (Å²) in [6.07, 6.45) is 1.41. The minimum Gasteiger partial charge on any atom is -0.444 e. The van der Waals surface area contributed by atoms with Gasteiger partial charge in [-0.1, -0.05) is 30.8 Å². The standard InChI is InChI=1S/C25H29N3O4/c1-5-22(29)27-20-12-10-17(11-13-20)23(30)26-15-21-14-18-8-6-7-9-19(18)16-28(21)24(31)32-25(2,3)4/h5-13,21H,1,14-16H2,2-4H3,(H,26,30)(H,27,29). The third kappa shape index (κ3) is 5.97. The molecular formula is C25H29N3O4. The van der Waals surface area contributed by atoms with Crippen LogP contribution >= 0.6 is 0 Å². The molecule has 0 bridgehead atoms. The Balaban J connectivity index is 1.69. The summed E-state index contributed by atoms with van der Waals surface area (Å²) in [7, 11) is 0. The number of carbonyl (C=O) groups excluding carboxylic acids is 3. The molecule has 0 aliphatic carbocycles. The van der Waals surface area contributed by atoms with E-state index >= 15 is 0 Å². The van der Waals surface area contributed by atoms with Gasteiger partial charge in [0, 0.05) is 24.3 Å². The van der Waals surface area contributed by atoms with Crippen molar-refractivity contribution in [1.29, 1.82) is 0 Å². The molecule has 3 rings (SSSR count). The Morgan fingerprint density at radius 3 is 2.38 bits per heavy atom. The van der Waals surface area contributed by atoms with E-state index in [-0.39, 0.29) is 17.9 Å². The minimum atomic E-state index is -0.607. The molecule has 1 heterocycles. The first-order valence-corrected chi connectivity index (χ1v) is 10.5. The van der Waals surface area contributed by atoms with Crippen LogP contribution in [-0.4, -0.2) is 41.0 Å². The second kappa shape index (κ2) is 9.68. The summed E-state index contributed by atoms with van der Waals surface area (Å²) in [5.41, 5.74) is 2.67. The average Bonchev–Trinajstić information content (AvgIpc) is 2.76. The van der Waals surface area contributed by atoms with Crippen LogP contribution in [0.2, 0.25) is 0 Å². The van der Waals surface area contributed by atoms with Gasteiger partial charge in [-0.05, 0) is 68.7 Å². The first-order chi connectivity index (χ1) is 15.2. The fourth-order valence-electron chi connectivity index (χ4n) is 3.51. The molecule has 2 aromatic rings. The van der Waals surface area contributed by atoms with Crippen molar-refractivity contribution in [2.45, 2.75) is 45.4 Å². The summed E-state index contributed by atoms with van der Waals surface area (Å²) in [6.45, 7) is 9.64. The molecule has 7 heteroatoms. The molecule has 1 aliphatic rings. The zero-order chi connectivity index (χ0) is 23.3. The second-order valence-electron chi connectivity index (χ2n) is 8.72. The number of benzene rings is 2. The van der Waals surface area contributed by atoms with Crippen LogP contribution in [0.15, 0.2) is 61.2 Å². The molecular weight excluding hydrogens is 406 g/mol. The zero-order valence-electron chi connectivity index (χ0n) is 18.7. The minimum absolute atomic E-state index is 0.227. The quantitative estimate of drug-likeness (QED) is 0.697. The molecule has 0 fully saturated rings. The molecule has 168 valence electrons. The van der Waals surface area contributed by atoms with Crippen LogP contribution in [0.25, 0.3) is 0 Å². The highest BCUT2D eigenvalue weighted by Gasteiger charge is 2.33. The lowest BCUT2D eigenvalue weighted by molar-refractivity contribution is -0.111. The van der Waals surface area contributed by atoms with Crippen molar-refractivity contribution in [2.75, 3.05) is 11.9 Å². The Kier molecular flexibility index (Phi) is 6.98. The topological polar surface area (TPSA) is 87.7 Å². The first kappa shape index (κ1) is 23.1. The predicted molar refractivity (Wildman–Crippen MR) is 123 cm³/mol. The van der Waals surface area contributed by atoms with Crippen molar-refractivity contribution in [3.05, 3.63) is 77.9 Å². The van der Waals surface area contributed by atoms with E-state index in [1.807, 2.05) is 45.0 Å². The van der Waals surface area contributed by atoms with E-state index < -0.39 is 11.7 Å². The number of rotatable bonds is 5. The number of amides is 3. The Morgan fingerprint density at radius 2 is 1.75 bits per heavy atom. The van der Waals surface area contributed by atoms with Gasteiger partial charge in [-0.15, -0.1) is 0 Å². The number of hydrogen-bond donors (Lipinski definition) is 2. The van der Waals surface area contributed by atoms with Gasteiger partial charge in [0.15, 0.2) is 0 Å². The van der Waals surface area contributed by atoms with Crippen molar-refractivity contribution < 1.29 is 19.1 Å². The highest BCUT2D eigenvalue weighted by atomic mass is 16.6. The molecule has 32 heavy (non-hydrogen) atoms. The lowest BCUT2D eigenvalue weighted by Gasteiger charge is -2.37. The molecule has 0 aromatic heterocycles. The van der Waals surface area contributed by atoms with Gasteiger partial charge in [0.05, 0.1) is 6.04 Å². The number of anilines is 1. The third-order valence-corrected chi connectivity index (χ3v) is 5.08. The van der Waals surface area contributed by atoms with Crippen molar-refractivity contribution in [2.24, 2.45) is 0 Å². The summed E-state index contributed by atoms with van der Waals surface area (Å²) in [4.78, 5) is 38.6. The fraction of sp³-hybridized carbons (Fsp3) is 0.320. The molecule has 1 atom stereocenters. The maximum Gasteiger partial charge on any atom is 0.410 e. The normalized spacial score (nSPS) is 15.3. The van der Waals surface area contributed by atoms with Crippen molar-refractivity contribution in [3.8, 4) is 0 Å². The summed E-state index contributed by atoms with van der Waals surface area (Å²) in [5.74, 6) is -0.573. The Labute approximate surface area is 188 Å². The molecule has 2 N–H and O–H groups in total. The number of hydrogen-bond acceptors (Lipinski definition) is 4. The molecule has 0 spiro atoms. The number of nitrogens with one attached hydrogen (secondary N) is 2. The molecule has 7 nitrogen and oxygen atoms in total. The van der Waals surface area contributed by atoms with Gasteiger partial charge in [0.1, 0.15) is 5.60 Å². The van der Waals surface area contributed by atoms with Crippen molar-refractivity contribution >= 4 is 23.6 Å². The van der Waals surface area contributed by atoms with E-state index in [0.717, 1.165) is 11.1 Å². The van der Waals surface area contributed by atoms with E-state index in [2.05, 4.69) is 17.2 Å². The van der Waals surface area contributed by atoms with Gasteiger partial charge in [0.25, 0.3) is 5.91 Å². The van der Waals surface area contributed by atoms with Gasteiger partial charge in [-0.2, -0.15) is 0 Å².